The molecule has 0 bridgehead atoms. The van der Waals surface area contributed by atoms with Crippen molar-refractivity contribution >= 4 is 5.96 Å². The molecule has 3 unspecified atom stereocenters. The minimum absolute atomic E-state index is 0.0825. The summed E-state index contributed by atoms with van der Waals surface area (Å²) >= 11 is 0. The topological polar surface area (TPSA) is 59.6 Å². The number of ether oxygens (including phenoxy) is 1. The number of hydrogen-bond acceptors (Lipinski definition) is 2. The number of aliphatic imine (C=N–C) groups is 1. The highest BCUT2D eigenvalue weighted by Gasteiger charge is 2.40. The van der Waals surface area contributed by atoms with Gasteiger partial charge in [-0.05, 0) is 25.0 Å². The smallest absolute Gasteiger partial charge is 0.189 e. The number of halogens is 1. The summed E-state index contributed by atoms with van der Waals surface area (Å²) < 4.78 is 18.6. The highest BCUT2D eigenvalue weighted by molar-refractivity contribution is 5.78. The van der Waals surface area contributed by atoms with Gasteiger partial charge in [-0.3, -0.25) is 0 Å². The fourth-order valence-corrected chi connectivity index (χ4v) is 2.19. The van der Waals surface area contributed by atoms with Crippen LogP contribution >= 0.6 is 0 Å². The van der Waals surface area contributed by atoms with Crippen LogP contribution in [-0.4, -0.2) is 31.8 Å². The van der Waals surface area contributed by atoms with Crippen LogP contribution < -0.4 is 11.1 Å². The van der Waals surface area contributed by atoms with Crippen molar-refractivity contribution in [3.05, 3.63) is 35.6 Å². The molecule has 1 aliphatic carbocycles. The average Bonchev–Trinajstić information content (AvgIpc) is 3.08. The molecule has 5 heteroatoms. The molecule has 1 aliphatic rings. The van der Waals surface area contributed by atoms with E-state index in [1.54, 1.807) is 13.2 Å². The predicted octanol–water partition coefficient (Wildman–Crippen LogP) is 1.62. The minimum Gasteiger partial charge on any atom is -0.383 e. The van der Waals surface area contributed by atoms with Crippen molar-refractivity contribution < 1.29 is 9.13 Å². The third-order valence-corrected chi connectivity index (χ3v) is 3.18. The second-order valence-corrected chi connectivity index (χ2v) is 4.95. The molecule has 2 rings (SSSR count). The van der Waals surface area contributed by atoms with Crippen molar-refractivity contribution in [2.45, 2.75) is 31.3 Å². The molecule has 0 amide bonds. The lowest BCUT2D eigenvalue weighted by Crippen LogP contribution is -2.40. The highest BCUT2D eigenvalue weighted by Crippen LogP contribution is 2.44. The van der Waals surface area contributed by atoms with E-state index in [-0.39, 0.29) is 23.8 Å². The first kappa shape index (κ1) is 13.8. The number of rotatable bonds is 5. The molecule has 1 aromatic rings. The van der Waals surface area contributed by atoms with Crippen LogP contribution in [0, 0.1) is 5.82 Å². The first-order chi connectivity index (χ1) is 9.11. The third kappa shape index (κ3) is 3.67. The second kappa shape index (κ2) is 6.02. The van der Waals surface area contributed by atoms with Crippen LogP contribution in [0.15, 0.2) is 29.3 Å². The number of benzene rings is 1. The number of hydrogen-bond donors (Lipinski definition) is 2. The maximum atomic E-state index is 13.6. The molecule has 4 nitrogen and oxygen atoms in total. The molecular weight excluding hydrogens is 245 g/mol. The maximum absolute atomic E-state index is 13.6. The van der Waals surface area contributed by atoms with E-state index in [0.29, 0.717) is 12.6 Å². The molecule has 0 aliphatic heterocycles. The van der Waals surface area contributed by atoms with Crippen molar-refractivity contribution in [3.8, 4) is 0 Å². The molecule has 0 radical (unpaired) electrons. The zero-order valence-corrected chi connectivity index (χ0v) is 11.3. The average molecular weight is 265 g/mol. The molecule has 104 valence electrons. The highest BCUT2D eigenvalue weighted by atomic mass is 19.1. The van der Waals surface area contributed by atoms with Gasteiger partial charge in [-0.15, -0.1) is 0 Å². The van der Waals surface area contributed by atoms with Gasteiger partial charge in [0.15, 0.2) is 5.96 Å². The predicted molar refractivity (Wildman–Crippen MR) is 73.6 cm³/mol. The van der Waals surface area contributed by atoms with E-state index in [1.165, 1.54) is 6.07 Å². The Kier molecular flexibility index (Phi) is 4.37. The summed E-state index contributed by atoms with van der Waals surface area (Å²) in [6.45, 7) is 2.53. The Labute approximate surface area is 112 Å². The van der Waals surface area contributed by atoms with Gasteiger partial charge < -0.3 is 15.8 Å². The molecular formula is C14H20FN3O. The van der Waals surface area contributed by atoms with Crippen LogP contribution in [0.2, 0.25) is 0 Å². The van der Waals surface area contributed by atoms with Gasteiger partial charge >= 0.3 is 0 Å². The molecule has 0 saturated heterocycles. The number of nitrogens with two attached hydrogens (primary N) is 1. The van der Waals surface area contributed by atoms with Gasteiger partial charge in [0, 0.05) is 19.1 Å². The lowest BCUT2D eigenvalue weighted by Gasteiger charge is -2.13. The number of nitrogens with one attached hydrogen (secondary N) is 1. The number of methoxy groups -OCH3 is 1. The lowest BCUT2D eigenvalue weighted by atomic mass is 10.1. The van der Waals surface area contributed by atoms with Crippen LogP contribution in [0.3, 0.4) is 0 Å². The molecule has 0 heterocycles. The first-order valence-electron chi connectivity index (χ1n) is 6.45. The van der Waals surface area contributed by atoms with Crippen molar-refractivity contribution in [3.63, 3.8) is 0 Å². The van der Waals surface area contributed by atoms with E-state index in [2.05, 4.69) is 10.3 Å². The van der Waals surface area contributed by atoms with Crippen molar-refractivity contribution in [1.82, 2.24) is 5.32 Å². The van der Waals surface area contributed by atoms with Gasteiger partial charge in [-0.25, -0.2) is 9.38 Å². The van der Waals surface area contributed by atoms with Gasteiger partial charge in [0.05, 0.1) is 12.6 Å². The summed E-state index contributed by atoms with van der Waals surface area (Å²) in [5.41, 5.74) is 6.54. The van der Waals surface area contributed by atoms with Crippen LogP contribution in [0.1, 0.15) is 24.8 Å². The normalized spacial score (nSPS) is 24.1. The lowest BCUT2D eigenvalue weighted by molar-refractivity contribution is 0.179. The molecule has 1 fully saturated rings. The fourth-order valence-electron chi connectivity index (χ4n) is 2.19. The number of guanidine groups is 1. The Morgan fingerprint density at radius 1 is 1.58 bits per heavy atom. The Bertz CT molecular complexity index is 464. The first-order valence-corrected chi connectivity index (χ1v) is 6.45. The Morgan fingerprint density at radius 3 is 3.00 bits per heavy atom. The molecule has 3 atom stereocenters. The van der Waals surface area contributed by atoms with Crippen molar-refractivity contribution in [1.29, 1.82) is 0 Å². The monoisotopic (exact) mass is 265 g/mol. The van der Waals surface area contributed by atoms with Crippen LogP contribution in [0.5, 0.6) is 0 Å². The van der Waals surface area contributed by atoms with Crippen molar-refractivity contribution in [2.24, 2.45) is 10.7 Å². The largest absolute Gasteiger partial charge is 0.383 e. The van der Waals surface area contributed by atoms with E-state index in [0.717, 1.165) is 12.0 Å². The van der Waals surface area contributed by atoms with Gasteiger partial charge in [0.2, 0.25) is 0 Å². The fraction of sp³-hybridized carbons (Fsp3) is 0.500. The summed E-state index contributed by atoms with van der Waals surface area (Å²) in [5.74, 6) is 0.386. The SMILES string of the molecule is COCC(C)NC(N)=NC1CC1c1ccccc1F. The molecule has 1 saturated carbocycles. The van der Waals surface area contributed by atoms with E-state index in [1.807, 2.05) is 19.1 Å². The number of nitrogens with zero attached hydrogens (tertiary/aromatic N) is 1. The Balaban J connectivity index is 1.91. The van der Waals surface area contributed by atoms with Gasteiger partial charge in [-0.2, -0.15) is 0 Å². The quantitative estimate of drug-likeness (QED) is 0.628. The van der Waals surface area contributed by atoms with Crippen LogP contribution in [0.25, 0.3) is 0 Å². The van der Waals surface area contributed by atoms with Crippen LogP contribution in [0.4, 0.5) is 4.39 Å². The van der Waals surface area contributed by atoms with Gasteiger partial charge in [-0.1, -0.05) is 18.2 Å². The molecule has 3 N–H and O–H groups in total. The third-order valence-electron chi connectivity index (χ3n) is 3.18. The second-order valence-electron chi connectivity index (χ2n) is 4.95. The summed E-state index contributed by atoms with van der Waals surface area (Å²) in [6, 6.07) is 7.03. The maximum Gasteiger partial charge on any atom is 0.189 e. The summed E-state index contributed by atoms with van der Waals surface area (Å²) in [5, 5.41) is 3.05. The Morgan fingerprint density at radius 2 is 2.32 bits per heavy atom. The molecule has 19 heavy (non-hydrogen) atoms. The summed E-state index contributed by atoms with van der Waals surface area (Å²) in [7, 11) is 1.64. The molecule has 0 spiro atoms. The van der Waals surface area contributed by atoms with E-state index in [4.69, 9.17) is 10.5 Å². The zero-order chi connectivity index (χ0) is 13.8. The van der Waals surface area contributed by atoms with Gasteiger partial charge in [0.25, 0.3) is 0 Å². The molecule has 1 aromatic carbocycles. The minimum atomic E-state index is -0.163. The molecule has 0 aromatic heterocycles. The van der Waals surface area contributed by atoms with Crippen LogP contribution in [-0.2, 0) is 4.74 Å². The van der Waals surface area contributed by atoms with Crippen molar-refractivity contribution in [2.75, 3.05) is 13.7 Å². The van der Waals surface area contributed by atoms with E-state index in [9.17, 15) is 4.39 Å². The van der Waals surface area contributed by atoms with E-state index < -0.39 is 0 Å². The van der Waals surface area contributed by atoms with Gasteiger partial charge in [0.1, 0.15) is 5.82 Å². The standard InChI is InChI=1S/C14H20FN3O/c1-9(8-19-2)17-14(16)18-13-7-11(13)10-5-3-4-6-12(10)15/h3-6,9,11,13H,7-8H2,1-2H3,(H3,16,17,18). The summed E-state index contributed by atoms with van der Waals surface area (Å²) in [4.78, 5) is 4.37. The van der Waals surface area contributed by atoms with E-state index >= 15 is 0 Å². The zero-order valence-electron chi connectivity index (χ0n) is 11.3. The Hall–Kier alpha value is -1.62. The summed E-state index contributed by atoms with van der Waals surface area (Å²) in [6.07, 6.45) is 0.849.